The van der Waals surface area contributed by atoms with Crippen LogP contribution in [0.25, 0.3) is 0 Å². The molecule has 1 saturated heterocycles. The van der Waals surface area contributed by atoms with E-state index in [9.17, 15) is 24.3 Å². The van der Waals surface area contributed by atoms with Crippen LogP contribution in [0.4, 0.5) is 5.13 Å². The van der Waals surface area contributed by atoms with Gasteiger partial charge in [-0.2, -0.15) is 0 Å². The fourth-order valence-electron chi connectivity index (χ4n) is 3.95. The Balaban J connectivity index is 1.67. The number of aromatic nitrogens is 1. The van der Waals surface area contributed by atoms with Gasteiger partial charge in [-0.25, -0.2) is 19.6 Å². The topological polar surface area (TPSA) is 252 Å². The number of rotatable bonds is 9. The smallest absolute Gasteiger partial charge is 0.353 e. The molecule has 0 saturated carbocycles. The SMILES string of the molecule is CN1C(C2=C(C(=O)O)N3C(=O)C(C=S)(NC(=O)/C(=N\OCC(=O)O)c4csc(N)n4)[C@@H]3SC2)=NC(N)=CC1N. The number of carboxylic acid groups (broad SMARTS) is 2. The second-order valence-electron chi connectivity index (χ2n) is 8.22. The van der Waals surface area contributed by atoms with E-state index < -0.39 is 53.2 Å². The van der Waals surface area contributed by atoms with Crippen LogP contribution in [0.2, 0.25) is 0 Å². The number of amidine groups is 1. The number of nitrogens with zero attached hydrogens (tertiary/aromatic N) is 5. The van der Waals surface area contributed by atoms with Crippen LogP contribution in [0.15, 0.2) is 38.7 Å². The molecule has 3 aliphatic heterocycles. The molecule has 206 valence electrons. The number of thioether (sulfide) groups is 1. The van der Waals surface area contributed by atoms with E-state index in [1.54, 1.807) is 7.05 Å². The highest BCUT2D eigenvalue weighted by molar-refractivity contribution is 8.00. The third-order valence-corrected chi connectivity index (χ3v) is 8.17. The summed E-state index contributed by atoms with van der Waals surface area (Å²) in [5.74, 6) is -4.21. The highest BCUT2D eigenvalue weighted by Gasteiger charge is 2.65. The number of hydrogen-bond donors (Lipinski definition) is 6. The lowest BCUT2D eigenvalue weighted by atomic mass is 9.87. The molecule has 3 atom stereocenters. The molecule has 0 bridgehead atoms. The third-order valence-electron chi connectivity index (χ3n) is 5.77. The van der Waals surface area contributed by atoms with Crippen molar-refractivity contribution in [1.29, 1.82) is 0 Å². The molecular weight excluding hydrogens is 574 g/mol. The van der Waals surface area contributed by atoms with Crippen molar-refractivity contribution in [2.45, 2.75) is 17.1 Å². The number of anilines is 1. The normalized spacial score (nSPS) is 24.8. The van der Waals surface area contributed by atoms with Crippen molar-refractivity contribution >= 4 is 81.1 Å². The Morgan fingerprint density at radius 3 is 2.69 bits per heavy atom. The number of hydrogen-bond acceptors (Lipinski definition) is 15. The molecule has 4 heterocycles. The van der Waals surface area contributed by atoms with Crippen molar-refractivity contribution in [3.8, 4) is 0 Å². The molecule has 16 nitrogen and oxygen atoms in total. The monoisotopic (exact) mass is 595 g/mol. The molecule has 2 unspecified atom stereocenters. The number of nitrogen functional groups attached to an aromatic ring is 1. The van der Waals surface area contributed by atoms with Gasteiger partial charge in [-0.05, 0) is 6.08 Å². The number of likely N-dealkylation sites (N-methyl/N-ethyl adjacent to an activating group) is 1. The lowest BCUT2D eigenvalue weighted by Crippen LogP contribution is -2.81. The zero-order valence-electron chi connectivity index (χ0n) is 19.9. The molecule has 0 aliphatic carbocycles. The van der Waals surface area contributed by atoms with E-state index in [0.717, 1.165) is 33.4 Å². The molecular formula is C20H21N9O7S3. The van der Waals surface area contributed by atoms with Crippen LogP contribution >= 0.6 is 35.3 Å². The number of aliphatic imine (C=N–C) groups is 1. The first-order valence-corrected chi connectivity index (χ1v) is 13.2. The quantitative estimate of drug-likeness (QED) is 0.0787. The number of thiazole rings is 1. The summed E-state index contributed by atoms with van der Waals surface area (Å²) in [6.07, 6.45) is 0.815. The van der Waals surface area contributed by atoms with Crippen molar-refractivity contribution < 1.29 is 34.2 Å². The largest absolute Gasteiger partial charge is 0.479 e. The molecule has 0 radical (unpaired) electrons. The second kappa shape index (κ2) is 10.6. The van der Waals surface area contributed by atoms with E-state index >= 15 is 0 Å². The van der Waals surface area contributed by atoms with Gasteiger partial charge in [0.2, 0.25) is 6.61 Å². The summed E-state index contributed by atoms with van der Waals surface area (Å²) in [6, 6.07) is 0. The number of oxime groups is 1. The van der Waals surface area contributed by atoms with Gasteiger partial charge in [0.1, 0.15) is 34.6 Å². The van der Waals surface area contributed by atoms with Crippen molar-refractivity contribution in [2.24, 2.45) is 21.6 Å². The Bertz CT molecular complexity index is 1400. The Morgan fingerprint density at radius 2 is 2.10 bits per heavy atom. The molecule has 4 rings (SSSR count). The van der Waals surface area contributed by atoms with Crippen LogP contribution < -0.4 is 22.5 Å². The summed E-state index contributed by atoms with van der Waals surface area (Å²) in [7, 11) is 1.60. The van der Waals surface area contributed by atoms with Crippen LogP contribution in [0, 0.1) is 0 Å². The maximum Gasteiger partial charge on any atom is 0.353 e. The van der Waals surface area contributed by atoms with Gasteiger partial charge in [-0.15, -0.1) is 23.1 Å². The number of carbonyl (C=O) groups excluding carboxylic acids is 2. The average molecular weight is 596 g/mol. The lowest BCUT2D eigenvalue weighted by Gasteiger charge is -2.55. The van der Waals surface area contributed by atoms with Crippen molar-refractivity contribution in [3.05, 3.63) is 34.2 Å². The standard InChI is InChI=1S/C20H21N9O7S3/c1-28-10(22)2-9(21)25-14(28)7-4-38-18-20(6-37,17(35)29(18)13(7)16(33)34)26-15(32)12(27-36-3-11(30)31)8-5-39-19(23)24-8/h2,5-6,10,18H,3-4,21-22H2,1H3,(H2,23,24)(H,26,32)(H,30,31)(H,33,34)/b27-12-/t10?,18-,20?/m0/s1. The predicted octanol–water partition coefficient (Wildman–Crippen LogP) is -1.93. The number of aliphatic carboxylic acids is 2. The number of nitrogens with two attached hydrogens (primary N) is 3. The number of β-lactam (4-membered cyclic amide) rings is 1. The van der Waals surface area contributed by atoms with Gasteiger partial charge < -0.3 is 42.5 Å². The maximum absolute atomic E-state index is 13.5. The summed E-state index contributed by atoms with van der Waals surface area (Å²) in [5, 5.41) is 26.5. The summed E-state index contributed by atoms with van der Waals surface area (Å²) in [6.45, 7) is -0.850. The van der Waals surface area contributed by atoms with Crippen LogP contribution in [-0.4, -0.2) is 102 Å². The van der Waals surface area contributed by atoms with E-state index in [1.807, 2.05) is 0 Å². The van der Waals surface area contributed by atoms with Crippen molar-refractivity contribution in [2.75, 3.05) is 25.1 Å². The number of carboxylic acids is 2. The molecule has 1 aromatic heterocycles. The molecule has 1 aromatic rings. The third kappa shape index (κ3) is 4.91. The maximum atomic E-state index is 13.5. The number of amides is 2. The Kier molecular flexibility index (Phi) is 7.59. The van der Waals surface area contributed by atoms with Crippen LogP contribution in [0.5, 0.6) is 0 Å². The summed E-state index contributed by atoms with van der Waals surface area (Å²) in [5.41, 5.74) is 15.1. The molecule has 3 aliphatic rings. The highest BCUT2D eigenvalue weighted by Crippen LogP contribution is 2.46. The van der Waals surface area contributed by atoms with Gasteiger partial charge in [-0.1, -0.05) is 17.4 Å². The van der Waals surface area contributed by atoms with Crippen molar-refractivity contribution in [1.82, 2.24) is 20.1 Å². The fourth-order valence-corrected chi connectivity index (χ4v) is 6.31. The second-order valence-corrected chi connectivity index (χ2v) is 10.4. The first kappa shape index (κ1) is 28.0. The van der Waals surface area contributed by atoms with Gasteiger partial charge >= 0.3 is 11.9 Å². The fraction of sp³-hybridized carbons (Fsp3) is 0.300. The van der Waals surface area contributed by atoms with Gasteiger partial charge in [0.25, 0.3) is 11.8 Å². The number of thiocarbonyl (C=S) groups is 1. The zero-order chi connectivity index (χ0) is 28.6. The summed E-state index contributed by atoms with van der Waals surface area (Å²) >= 11 is 7.24. The predicted molar refractivity (Wildman–Crippen MR) is 144 cm³/mol. The molecule has 19 heteroatoms. The zero-order valence-corrected chi connectivity index (χ0v) is 22.4. The van der Waals surface area contributed by atoms with Gasteiger partial charge in [0.15, 0.2) is 16.4 Å². The summed E-state index contributed by atoms with van der Waals surface area (Å²) in [4.78, 5) is 65.4. The Morgan fingerprint density at radius 1 is 1.38 bits per heavy atom. The Hall–Kier alpha value is -4.07. The summed E-state index contributed by atoms with van der Waals surface area (Å²) < 4.78 is 0. The lowest BCUT2D eigenvalue weighted by molar-refractivity contribution is -0.153. The first-order chi connectivity index (χ1) is 18.4. The molecule has 0 spiro atoms. The number of nitrogens with one attached hydrogen (secondary N) is 1. The van der Waals surface area contributed by atoms with Gasteiger partial charge in [-0.3, -0.25) is 14.5 Å². The van der Waals surface area contributed by atoms with E-state index in [0.29, 0.717) is 0 Å². The Labute approximate surface area is 233 Å². The van der Waals surface area contributed by atoms with E-state index in [2.05, 4.69) is 20.4 Å². The van der Waals surface area contributed by atoms with E-state index in [1.165, 1.54) is 16.4 Å². The van der Waals surface area contributed by atoms with Crippen LogP contribution in [-0.2, 0) is 24.0 Å². The van der Waals surface area contributed by atoms with Crippen LogP contribution in [0.1, 0.15) is 5.69 Å². The minimum Gasteiger partial charge on any atom is -0.479 e. The minimum atomic E-state index is -1.81. The number of fused-ring (bicyclic) bond motifs is 1. The molecule has 9 N–H and O–H groups in total. The van der Waals surface area contributed by atoms with Crippen molar-refractivity contribution in [3.63, 3.8) is 0 Å². The first-order valence-electron chi connectivity index (χ1n) is 10.8. The molecule has 2 amide bonds. The van der Waals surface area contributed by atoms with Gasteiger partial charge in [0, 0.05) is 29.1 Å². The number of carbonyl (C=O) groups is 4. The average Bonchev–Trinajstić information content (AvgIpc) is 3.31. The van der Waals surface area contributed by atoms with E-state index in [-0.39, 0.29) is 39.5 Å². The molecule has 39 heavy (non-hydrogen) atoms. The van der Waals surface area contributed by atoms with E-state index in [4.69, 9.17) is 39.4 Å². The van der Waals surface area contributed by atoms with Crippen LogP contribution in [0.3, 0.4) is 0 Å². The highest BCUT2D eigenvalue weighted by atomic mass is 32.2. The molecule has 0 aromatic carbocycles. The van der Waals surface area contributed by atoms with Gasteiger partial charge in [0.05, 0.1) is 0 Å². The minimum absolute atomic E-state index is 0.0337. The molecule has 1 fully saturated rings.